The third-order valence-corrected chi connectivity index (χ3v) is 2.65. The van der Waals surface area contributed by atoms with Gasteiger partial charge in [0.2, 0.25) is 0 Å². The maximum Gasteiger partial charge on any atom is 0.310 e. The normalized spacial score (nSPS) is 12.8. The summed E-state index contributed by atoms with van der Waals surface area (Å²) in [6.07, 6.45) is 3.02. The molecule has 0 aliphatic rings. The Hall–Kier alpha value is -0.980. The number of aliphatic hydroxyl groups excluding tert-OH is 3. The number of carboxylic acids is 1. The summed E-state index contributed by atoms with van der Waals surface area (Å²) in [5, 5.41) is 33.2. The van der Waals surface area contributed by atoms with Gasteiger partial charge in [-0.25, -0.2) is 0 Å². The van der Waals surface area contributed by atoms with E-state index in [9.17, 15) is 9.59 Å². The van der Waals surface area contributed by atoms with Crippen LogP contribution >= 0.6 is 0 Å². The Morgan fingerprint density at radius 1 is 0.750 bits per heavy atom. The molecule has 0 saturated heterocycles. The van der Waals surface area contributed by atoms with E-state index in [0.29, 0.717) is 6.42 Å². The molecule has 0 rings (SSSR count). The molecule has 3 atom stereocenters. The highest BCUT2D eigenvalue weighted by molar-refractivity contribution is 5.94. The van der Waals surface area contributed by atoms with Gasteiger partial charge in [0.1, 0.15) is 12.2 Å². The van der Waals surface area contributed by atoms with Gasteiger partial charge in [0.25, 0.3) is 0 Å². The van der Waals surface area contributed by atoms with Gasteiger partial charge in [-0.05, 0) is 46.5 Å². The number of carbonyl (C=O) groups excluding carboxylic acids is 1. The van der Waals surface area contributed by atoms with Gasteiger partial charge in [0, 0.05) is 6.42 Å². The molecule has 0 aromatic rings. The predicted molar refractivity (Wildman–Crippen MR) is 98.1 cm³/mol. The van der Waals surface area contributed by atoms with E-state index >= 15 is 0 Å². The average molecular weight is 353 g/mol. The molecule has 0 saturated carbocycles. The predicted octanol–water partition coefficient (Wildman–Crippen LogP) is 3.16. The Bertz CT molecular complexity index is 243. The van der Waals surface area contributed by atoms with Crippen LogP contribution in [-0.4, -0.2) is 50.5 Å². The number of hydrogen-bond donors (Lipinski definition) is 4. The van der Waals surface area contributed by atoms with Gasteiger partial charge in [0.15, 0.2) is 0 Å². The van der Waals surface area contributed by atoms with Crippen LogP contribution in [0.25, 0.3) is 0 Å². The molecule has 6 heteroatoms. The number of carbonyl (C=O) groups is 2. The van der Waals surface area contributed by atoms with Gasteiger partial charge in [-0.2, -0.15) is 0 Å². The third kappa shape index (κ3) is 58.3. The van der Waals surface area contributed by atoms with Gasteiger partial charge in [-0.1, -0.05) is 27.7 Å². The molecule has 6 nitrogen and oxygen atoms in total. The van der Waals surface area contributed by atoms with Gasteiger partial charge < -0.3 is 20.4 Å². The van der Waals surface area contributed by atoms with Crippen molar-refractivity contribution in [3.63, 3.8) is 0 Å². The monoisotopic (exact) mass is 352 g/mol. The van der Waals surface area contributed by atoms with Crippen LogP contribution in [0.2, 0.25) is 0 Å². The summed E-state index contributed by atoms with van der Waals surface area (Å²) >= 11 is 0. The van der Waals surface area contributed by atoms with Crippen LogP contribution in [0.3, 0.4) is 0 Å². The van der Waals surface area contributed by atoms with Crippen molar-refractivity contribution in [1.82, 2.24) is 0 Å². The largest absolute Gasteiger partial charge is 0.481 e. The van der Waals surface area contributed by atoms with E-state index in [-0.39, 0.29) is 30.5 Å². The second-order valence-corrected chi connectivity index (χ2v) is 5.63. The van der Waals surface area contributed by atoms with E-state index in [4.69, 9.17) is 20.4 Å². The lowest BCUT2D eigenvalue weighted by Gasteiger charge is -1.90. The molecule has 0 aliphatic carbocycles. The lowest BCUT2D eigenvalue weighted by Crippen LogP contribution is -2.05. The maximum absolute atomic E-state index is 10.5. The Morgan fingerprint density at radius 2 is 1.00 bits per heavy atom. The number of aliphatic hydroxyl groups is 3. The zero-order chi connectivity index (χ0) is 20.1. The van der Waals surface area contributed by atoms with Crippen molar-refractivity contribution >= 4 is 11.8 Å². The molecule has 0 aromatic heterocycles. The lowest BCUT2D eigenvalue weighted by molar-refractivity contribution is -0.140. The minimum atomic E-state index is -1.03. The molecule has 0 amide bonds. The zero-order valence-electron chi connectivity index (χ0n) is 16.6. The molecule has 4 N–H and O–H groups in total. The molecule has 0 bridgehead atoms. The lowest BCUT2D eigenvalue weighted by atomic mass is 10.2. The van der Waals surface area contributed by atoms with E-state index in [1.807, 2.05) is 27.7 Å². The van der Waals surface area contributed by atoms with E-state index in [2.05, 4.69) is 0 Å². The first-order valence-electron chi connectivity index (χ1n) is 8.75. The fraction of sp³-hybridized carbons (Fsp3) is 0.889. The second kappa shape index (κ2) is 24.3. The maximum atomic E-state index is 10.5. The van der Waals surface area contributed by atoms with Crippen LogP contribution in [0.5, 0.6) is 0 Å². The topological polar surface area (TPSA) is 115 Å². The van der Waals surface area contributed by atoms with Crippen LogP contribution in [0, 0.1) is 0 Å². The summed E-state index contributed by atoms with van der Waals surface area (Å²) in [4.78, 5) is 20.3. The highest BCUT2D eigenvalue weighted by atomic mass is 16.4. The van der Waals surface area contributed by atoms with Crippen molar-refractivity contribution in [2.45, 2.75) is 105 Å². The molecule has 0 spiro atoms. The molecule has 0 heterocycles. The first-order valence-corrected chi connectivity index (χ1v) is 8.75. The molecule has 0 fully saturated rings. The van der Waals surface area contributed by atoms with Gasteiger partial charge >= 0.3 is 5.97 Å². The molecule has 3 unspecified atom stereocenters. The van der Waals surface area contributed by atoms with Gasteiger partial charge in [-0.3, -0.25) is 9.59 Å². The summed E-state index contributed by atoms with van der Waals surface area (Å²) in [5.41, 5.74) is 0. The second-order valence-electron chi connectivity index (χ2n) is 5.63. The number of rotatable bonds is 7. The molecule has 0 radical (unpaired) electrons. The first kappa shape index (κ1) is 30.9. The molecular weight excluding hydrogens is 312 g/mol. The number of Topliss-reactive ketones (excluding diaryl/α,β-unsaturated/α-hetero) is 1. The minimum absolute atomic E-state index is 0.116. The van der Waals surface area contributed by atoms with Crippen molar-refractivity contribution in [3.05, 3.63) is 0 Å². The molecular formula is C18H40O6. The van der Waals surface area contributed by atoms with E-state index in [0.717, 1.165) is 25.7 Å². The summed E-state index contributed by atoms with van der Waals surface area (Å²) in [5.74, 6) is -1.22. The standard InChI is InChI=1S/C6H10O3.3C4H10O/c1-2-3-5(7)4-6(8)9;3*1-3-4(2)5/h2-4H2,1H3,(H,8,9);3*4-5H,3H2,1-2H3. The summed E-state index contributed by atoms with van der Waals surface area (Å²) in [6.45, 7) is 13.0. The molecule has 24 heavy (non-hydrogen) atoms. The third-order valence-electron chi connectivity index (χ3n) is 2.65. The van der Waals surface area contributed by atoms with Crippen molar-refractivity contribution in [1.29, 1.82) is 0 Å². The molecule has 0 aromatic carbocycles. The first-order chi connectivity index (χ1) is 11.0. The van der Waals surface area contributed by atoms with Crippen LogP contribution in [0.15, 0.2) is 0 Å². The average Bonchev–Trinajstić information content (AvgIpc) is 2.48. The number of ketones is 1. The van der Waals surface area contributed by atoms with Crippen molar-refractivity contribution in [3.8, 4) is 0 Å². The molecule has 0 aliphatic heterocycles. The fourth-order valence-corrected chi connectivity index (χ4v) is 0.536. The Morgan fingerprint density at radius 3 is 1.12 bits per heavy atom. The van der Waals surface area contributed by atoms with Crippen LogP contribution < -0.4 is 0 Å². The van der Waals surface area contributed by atoms with Gasteiger partial charge in [0.05, 0.1) is 18.3 Å². The van der Waals surface area contributed by atoms with Crippen LogP contribution in [-0.2, 0) is 9.59 Å². The number of aliphatic carboxylic acids is 1. The zero-order valence-corrected chi connectivity index (χ0v) is 16.6. The summed E-state index contributed by atoms with van der Waals surface area (Å²) < 4.78 is 0. The smallest absolute Gasteiger partial charge is 0.310 e. The van der Waals surface area contributed by atoms with Crippen molar-refractivity contribution in [2.75, 3.05) is 0 Å². The Balaban J connectivity index is -0.000000116. The van der Waals surface area contributed by atoms with Crippen LogP contribution in [0.1, 0.15) is 87.0 Å². The highest BCUT2D eigenvalue weighted by Crippen LogP contribution is 1.92. The Labute approximate surface area is 147 Å². The number of carboxylic acid groups (broad SMARTS) is 1. The quantitative estimate of drug-likeness (QED) is 0.523. The summed E-state index contributed by atoms with van der Waals surface area (Å²) in [7, 11) is 0. The minimum Gasteiger partial charge on any atom is -0.481 e. The Kier molecular flexibility index (Phi) is 31.2. The van der Waals surface area contributed by atoms with Crippen LogP contribution in [0.4, 0.5) is 0 Å². The van der Waals surface area contributed by atoms with Crippen molar-refractivity contribution in [2.24, 2.45) is 0 Å². The van der Waals surface area contributed by atoms with E-state index in [1.165, 1.54) is 0 Å². The van der Waals surface area contributed by atoms with E-state index in [1.54, 1.807) is 20.8 Å². The number of hydrogen-bond acceptors (Lipinski definition) is 5. The fourth-order valence-electron chi connectivity index (χ4n) is 0.536. The van der Waals surface area contributed by atoms with Gasteiger partial charge in [-0.15, -0.1) is 0 Å². The molecule has 148 valence electrons. The highest BCUT2D eigenvalue weighted by Gasteiger charge is 2.04. The summed E-state index contributed by atoms with van der Waals surface area (Å²) in [6, 6.07) is 0. The SMILES string of the molecule is CCC(C)O.CCC(C)O.CCC(C)O.CCCC(=O)CC(=O)O. The van der Waals surface area contributed by atoms with Crippen molar-refractivity contribution < 1.29 is 30.0 Å². The van der Waals surface area contributed by atoms with E-state index < -0.39 is 5.97 Å².